The van der Waals surface area contributed by atoms with E-state index in [0.717, 1.165) is 5.56 Å². The monoisotopic (exact) mass is 227 g/mol. The number of hydrogen-bond acceptors (Lipinski definition) is 2. The molecular formula is C15H17NO. The average Bonchev–Trinajstić information content (AvgIpc) is 2.38. The van der Waals surface area contributed by atoms with Crippen LogP contribution in [0, 0.1) is 0 Å². The van der Waals surface area contributed by atoms with Crippen molar-refractivity contribution in [1.29, 1.82) is 0 Å². The van der Waals surface area contributed by atoms with Crippen LogP contribution < -0.4 is 5.73 Å². The minimum atomic E-state index is -0.0629. The van der Waals surface area contributed by atoms with Gasteiger partial charge in [0.1, 0.15) is 0 Å². The van der Waals surface area contributed by atoms with Crippen LogP contribution in [0.4, 0.5) is 0 Å². The normalized spacial score (nSPS) is 12.4. The minimum Gasteiger partial charge on any atom is -0.502 e. The highest BCUT2D eigenvalue weighted by atomic mass is 16.5. The van der Waals surface area contributed by atoms with Gasteiger partial charge in [-0.25, -0.2) is 0 Å². The molecule has 0 spiro atoms. The van der Waals surface area contributed by atoms with Gasteiger partial charge in [0.25, 0.3) is 0 Å². The first-order chi connectivity index (χ1) is 8.20. The van der Waals surface area contributed by atoms with E-state index in [9.17, 15) is 0 Å². The van der Waals surface area contributed by atoms with Gasteiger partial charge in [-0.15, -0.1) is 0 Å². The standard InChI is InChI=1S/C15H17NO/c1-11(17-2)9-15(16)14-8-7-12-5-3-4-6-13(12)10-14/h3-8,10,15H,1,9,16H2,2H3. The Bertz CT molecular complexity index is 533. The van der Waals surface area contributed by atoms with Crippen molar-refractivity contribution >= 4 is 10.8 Å². The molecule has 2 N–H and O–H groups in total. The van der Waals surface area contributed by atoms with Crippen molar-refractivity contribution in [2.24, 2.45) is 5.73 Å². The Hall–Kier alpha value is -1.80. The van der Waals surface area contributed by atoms with E-state index in [-0.39, 0.29) is 6.04 Å². The number of rotatable bonds is 4. The Morgan fingerprint density at radius 1 is 1.24 bits per heavy atom. The molecule has 2 nitrogen and oxygen atoms in total. The Labute approximate surface area is 102 Å². The number of methoxy groups -OCH3 is 1. The van der Waals surface area contributed by atoms with Gasteiger partial charge >= 0.3 is 0 Å². The van der Waals surface area contributed by atoms with Gasteiger partial charge in [-0.05, 0) is 22.4 Å². The first kappa shape index (κ1) is 11.7. The predicted molar refractivity (Wildman–Crippen MR) is 71.6 cm³/mol. The summed E-state index contributed by atoms with van der Waals surface area (Å²) in [5.41, 5.74) is 7.23. The number of nitrogens with two attached hydrogens (primary N) is 1. The second-order valence-corrected chi connectivity index (χ2v) is 4.16. The minimum absolute atomic E-state index is 0.0629. The molecule has 0 heterocycles. The van der Waals surface area contributed by atoms with Crippen molar-refractivity contribution < 1.29 is 4.74 Å². The lowest BCUT2D eigenvalue weighted by Gasteiger charge is -2.13. The molecule has 0 aromatic heterocycles. The van der Waals surface area contributed by atoms with Gasteiger partial charge in [0.15, 0.2) is 0 Å². The molecule has 0 fully saturated rings. The van der Waals surface area contributed by atoms with E-state index in [1.165, 1.54) is 10.8 Å². The average molecular weight is 227 g/mol. The van der Waals surface area contributed by atoms with Crippen LogP contribution in [-0.2, 0) is 4.74 Å². The molecule has 0 bridgehead atoms. The largest absolute Gasteiger partial charge is 0.502 e. The lowest BCUT2D eigenvalue weighted by Crippen LogP contribution is -2.11. The summed E-state index contributed by atoms with van der Waals surface area (Å²) in [6, 6.07) is 14.5. The summed E-state index contributed by atoms with van der Waals surface area (Å²) < 4.78 is 5.06. The van der Waals surface area contributed by atoms with Crippen molar-refractivity contribution in [3.05, 3.63) is 60.4 Å². The lowest BCUT2D eigenvalue weighted by atomic mass is 10.00. The summed E-state index contributed by atoms with van der Waals surface area (Å²) in [4.78, 5) is 0. The summed E-state index contributed by atoms with van der Waals surface area (Å²) >= 11 is 0. The zero-order chi connectivity index (χ0) is 12.3. The summed E-state index contributed by atoms with van der Waals surface area (Å²) in [5.74, 6) is 0.714. The second-order valence-electron chi connectivity index (χ2n) is 4.16. The van der Waals surface area contributed by atoms with Crippen LogP contribution >= 0.6 is 0 Å². The summed E-state index contributed by atoms with van der Waals surface area (Å²) in [6.07, 6.45) is 0.648. The molecule has 88 valence electrons. The third kappa shape index (κ3) is 2.66. The molecule has 1 unspecified atom stereocenters. The van der Waals surface area contributed by atoms with Crippen molar-refractivity contribution in [1.82, 2.24) is 0 Å². The fourth-order valence-electron chi connectivity index (χ4n) is 1.88. The second kappa shape index (κ2) is 5.02. The first-order valence-electron chi connectivity index (χ1n) is 5.67. The zero-order valence-corrected chi connectivity index (χ0v) is 10.0. The van der Waals surface area contributed by atoms with Crippen LogP contribution in [0.3, 0.4) is 0 Å². The van der Waals surface area contributed by atoms with Crippen molar-refractivity contribution in [3.8, 4) is 0 Å². The van der Waals surface area contributed by atoms with E-state index in [1.807, 2.05) is 12.1 Å². The molecule has 0 amide bonds. The topological polar surface area (TPSA) is 35.2 Å². The van der Waals surface area contributed by atoms with Crippen LogP contribution in [0.1, 0.15) is 18.0 Å². The Balaban J connectivity index is 2.26. The highest BCUT2D eigenvalue weighted by molar-refractivity contribution is 5.83. The number of hydrogen-bond donors (Lipinski definition) is 1. The van der Waals surface area contributed by atoms with E-state index >= 15 is 0 Å². The number of ether oxygens (including phenoxy) is 1. The highest BCUT2D eigenvalue weighted by Gasteiger charge is 2.08. The third-order valence-electron chi connectivity index (χ3n) is 2.94. The molecule has 2 aromatic carbocycles. The quantitative estimate of drug-likeness (QED) is 0.812. The van der Waals surface area contributed by atoms with Gasteiger partial charge in [0.05, 0.1) is 12.9 Å². The molecule has 2 aromatic rings. The number of benzene rings is 2. The van der Waals surface area contributed by atoms with Crippen molar-refractivity contribution in [2.45, 2.75) is 12.5 Å². The maximum Gasteiger partial charge on any atom is 0.0902 e. The molecule has 2 heteroatoms. The first-order valence-corrected chi connectivity index (χ1v) is 5.67. The molecule has 0 saturated heterocycles. The molecule has 0 aliphatic rings. The molecule has 2 rings (SSSR count). The maximum atomic E-state index is 6.12. The van der Waals surface area contributed by atoms with Gasteiger partial charge in [0, 0.05) is 12.5 Å². The molecule has 0 aliphatic carbocycles. The van der Waals surface area contributed by atoms with Crippen LogP contribution in [0.5, 0.6) is 0 Å². The van der Waals surface area contributed by atoms with Crippen molar-refractivity contribution in [3.63, 3.8) is 0 Å². The molecule has 0 aliphatic heterocycles. The highest BCUT2D eigenvalue weighted by Crippen LogP contribution is 2.22. The number of fused-ring (bicyclic) bond motifs is 1. The van der Waals surface area contributed by atoms with Gasteiger partial charge in [-0.1, -0.05) is 43.0 Å². The summed E-state index contributed by atoms with van der Waals surface area (Å²) in [6.45, 7) is 3.80. The van der Waals surface area contributed by atoms with Crippen LogP contribution in [0.15, 0.2) is 54.8 Å². The fraction of sp³-hybridized carbons (Fsp3) is 0.200. The third-order valence-corrected chi connectivity index (χ3v) is 2.94. The van der Waals surface area contributed by atoms with Crippen LogP contribution in [-0.4, -0.2) is 7.11 Å². The zero-order valence-electron chi connectivity index (χ0n) is 10.0. The Morgan fingerprint density at radius 2 is 1.94 bits per heavy atom. The molecule has 1 atom stereocenters. The SMILES string of the molecule is C=C(CC(N)c1ccc2ccccc2c1)OC. The van der Waals surface area contributed by atoms with E-state index in [4.69, 9.17) is 10.5 Å². The summed E-state index contributed by atoms with van der Waals surface area (Å²) in [5, 5.41) is 2.44. The van der Waals surface area contributed by atoms with E-state index in [0.29, 0.717) is 12.2 Å². The van der Waals surface area contributed by atoms with Gasteiger partial charge in [0.2, 0.25) is 0 Å². The molecule has 17 heavy (non-hydrogen) atoms. The lowest BCUT2D eigenvalue weighted by molar-refractivity contribution is 0.272. The smallest absolute Gasteiger partial charge is 0.0902 e. The van der Waals surface area contributed by atoms with Crippen LogP contribution in [0.25, 0.3) is 10.8 Å². The molecule has 0 radical (unpaired) electrons. The van der Waals surface area contributed by atoms with Gasteiger partial charge in [-0.3, -0.25) is 0 Å². The van der Waals surface area contributed by atoms with Gasteiger partial charge < -0.3 is 10.5 Å². The molecular weight excluding hydrogens is 210 g/mol. The van der Waals surface area contributed by atoms with Crippen LogP contribution in [0.2, 0.25) is 0 Å². The Kier molecular flexibility index (Phi) is 3.45. The van der Waals surface area contributed by atoms with Crippen molar-refractivity contribution in [2.75, 3.05) is 7.11 Å². The van der Waals surface area contributed by atoms with E-state index in [2.05, 4.69) is 36.9 Å². The summed E-state index contributed by atoms with van der Waals surface area (Å²) in [7, 11) is 1.62. The molecule has 0 saturated carbocycles. The maximum absolute atomic E-state index is 6.12. The van der Waals surface area contributed by atoms with E-state index < -0.39 is 0 Å². The van der Waals surface area contributed by atoms with E-state index in [1.54, 1.807) is 7.11 Å². The predicted octanol–water partition coefficient (Wildman–Crippen LogP) is 3.39. The Morgan fingerprint density at radius 3 is 2.65 bits per heavy atom. The van der Waals surface area contributed by atoms with Gasteiger partial charge in [-0.2, -0.15) is 0 Å². The fourth-order valence-corrected chi connectivity index (χ4v) is 1.88.